The van der Waals surface area contributed by atoms with Gasteiger partial charge in [-0.3, -0.25) is 14.5 Å². The Morgan fingerprint density at radius 3 is 2.58 bits per heavy atom. The molecule has 0 spiro atoms. The minimum absolute atomic E-state index is 0.0247. The number of urea groups is 1. The second kappa shape index (κ2) is 6.91. The van der Waals surface area contributed by atoms with Crippen LogP contribution in [0.2, 0.25) is 0 Å². The molecule has 6 heteroatoms. The average Bonchev–Trinajstić information content (AvgIpc) is 3.18. The van der Waals surface area contributed by atoms with Crippen molar-refractivity contribution < 1.29 is 14.4 Å². The summed E-state index contributed by atoms with van der Waals surface area (Å²) in [5, 5.41) is 0. The third-order valence-electron chi connectivity index (χ3n) is 4.97. The highest BCUT2D eigenvalue weighted by atomic mass is 16.7. The third kappa shape index (κ3) is 2.91. The molecule has 2 fully saturated rings. The van der Waals surface area contributed by atoms with Crippen molar-refractivity contribution in [1.29, 1.82) is 0 Å². The van der Waals surface area contributed by atoms with E-state index >= 15 is 0 Å². The van der Waals surface area contributed by atoms with Crippen molar-refractivity contribution in [3.8, 4) is 0 Å². The summed E-state index contributed by atoms with van der Waals surface area (Å²) in [6.45, 7) is 7.74. The summed E-state index contributed by atoms with van der Waals surface area (Å²) in [5.74, 6) is -0.0249. The Morgan fingerprint density at radius 2 is 2.00 bits per heavy atom. The largest absolute Gasteiger partial charge is 0.326 e. The Balaban J connectivity index is 1.81. The lowest BCUT2D eigenvalue weighted by Gasteiger charge is -2.27. The molecule has 1 N–H and O–H groups in total. The highest BCUT2D eigenvalue weighted by molar-refractivity contribution is 5.98. The molecule has 0 aromatic heterocycles. The third-order valence-corrected chi connectivity index (χ3v) is 4.97. The van der Waals surface area contributed by atoms with Gasteiger partial charge in [-0.05, 0) is 18.4 Å². The number of likely N-dealkylation sites (N-methyl/N-ethyl adjacent to an activating group) is 1. The van der Waals surface area contributed by atoms with Crippen LogP contribution in [-0.2, 0) is 9.63 Å². The minimum Gasteiger partial charge on any atom is -0.323 e. The normalized spacial score (nSPS) is 27.3. The maximum absolute atomic E-state index is 12.9. The molecular formula is C18H25N3O3. The van der Waals surface area contributed by atoms with Crippen LogP contribution >= 0.6 is 0 Å². The molecule has 2 saturated heterocycles. The summed E-state index contributed by atoms with van der Waals surface area (Å²) in [6.07, 6.45) is -0.643. The quantitative estimate of drug-likeness (QED) is 0.919. The monoisotopic (exact) mass is 331 g/mol. The topological polar surface area (TPSA) is 61.9 Å². The molecule has 2 unspecified atom stereocenters. The van der Waals surface area contributed by atoms with Crippen LogP contribution in [0.5, 0.6) is 0 Å². The van der Waals surface area contributed by atoms with Gasteiger partial charge in [-0.25, -0.2) is 4.79 Å². The van der Waals surface area contributed by atoms with Crippen LogP contribution in [0.25, 0.3) is 0 Å². The molecule has 130 valence electrons. The molecule has 0 radical (unpaired) electrons. The zero-order valence-electron chi connectivity index (χ0n) is 14.4. The number of nitrogens with one attached hydrogen (secondary N) is 1. The van der Waals surface area contributed by atoms with E-state index in [1.807, 2.05) is 37.3 Å². The molecule has 1 aromatic rings. The number of carbonyl (C=O) groups excluding carboxylic acids is 2. The number of nitrogens with zero attached hydrogens (tertiary/aromatic N) is 2. The summed E-state index contributed by atoms with van der Waals surface area (Å²) in [5.41, 5.74) is 4.12. The van der Waals surface area contributed by atoms with E-state index in [1.54, 1.807) is 4.90 Å². The van der Waals surface area contributed by atoms with Gasteiger partial charge in [0.2, 0.25) is 0 Å². The van der Waals surface area contributed by atoms with Crippen molar-refractivity contribution in [1.82, 2.24) is 15.3 Å². The molecule has 1 aromatic carbocycles. The standard InChI is InChI=1S/C18H25N3O3/c1-4-20-10-11-21(18(20)23)17(22)16-14(12(2)3)15(19-24-16)13-8-6-5-7-9-13/h5-9,12,14-16,19H,4,10-11H2,1-3H3/t14?,15?,16-/m1/s1. The summed E-state index contributed by atoms with van der Waals surface area (Å²) in [4.78, 5) is 33.9. The van der Waals surface area contributed by atoms with E-state index in [0.717, 1.165) is 5.56 Å². The molecule has 2 aliphatic heterocycles. The molecule has 24 heavy (non-hydrogen) atoms. The first kappa shape index (κ1) is 16.9. The molecule has 3 atom stereocenters. The Hall–Kier alpha value is -1.92. The molecule has 0 saturated carbocycles. The number of hydroxylamine groups is 1. The second-order valence-electron chi connectivity index (χ2n) is 6.72. The fourth-order valence-electron chi connectivity index (χ4n) is 3.61. The van der Waals surface area contributed by atoms with Crippen LogP contribution in [-0.4, -0.2) is 47.5 Å². The maximum Gasteiger partial charge on any atom is 0.326 e. The molecule has 3 amide bonds. The van der Waals surface area contributed by atoms with E-state index in [2.05, 4.69) is 19.3 Å². The Morgan fingerprint density at radius 1 is 1.29 bits per heavy atom. The first-order valence-electron chi connectivity index (χ1n) is 8.61. The SMILES string of the molecule is CCN1CCN(C(=O)[C@@H]2ONC(c3ccccc3)C2C(C)C)C1=O. The number of amides is 3. The van der Waals surface area contributed by atoms with Crippen LogP contribution in [0, 0.1) is 11.8 Å². The summed E-state index contributed by atoms with van der Waals surface area (Å²) in [6, 6.07) is 9.72. The van der Waals surface area contributed by atoms with Gasteiger partial charge in [0.1, 0.15) is 0 Å². The lowest BCUT2D eigenvalue weighted by Crippen LogP contribution is -2.45. The van der Waals surface area contributed by atoms with Crippen molar-refractivity contribution in [2.45, 2.75) is 32.9 Å². The van der Waals surface area contributed by atoms with E-state index in [4.69, 9.17) is 4.84 Å². The average molecular weight is 331 g/mol. The number of imide groups is 1. The lowest BCUT2D eigenvalue weighted by atomic mass is 9.81. The number of benzene rings is 1. The van der Waals surface area contributed by atoms with Gasteiger partial charge in [-0.15, -0.1) is 0 Å². The van der Waals surface area contributed by atoms with Crippen molar-refractivity contribution in [3.05, 3.63) is 35.9 Å². The summed E-state index contributed by atoms with van der Waals surface area (Å²) >= 11 is 0. The van der Waals surface area contributed by atoms with Crippen LogP contribution < -0.4 is 5.48 Å². The number of rotatable bonds is 4. The Bertz CT molecular complexity index is 605. The van der Waals surface area contributed by atoms with Gasteiger partial charge in [0.15, 0.2) is 6.10 Å². The van der Waals surface area contributed by atoms with Gasteiger partial charge in [0.25, 0.3) is 5.91 Å². The minimum atomic E-state index is -0.643. The number of hydrogen-bond donors (Lipinski definition) is 1. The van der Waals surface area contributed by atoms with Gasteiger partial charge in [0, 0.05) is 25.6 Å². The fraction of sp³-hybridized carbons (Fsp3) is 0.556. The molecule has 0 aliphatic carbocycles. The highest BCUT2D eigenvalue weighted by Crippen LogP contribution is 2.37. The van der Waals surface area contributed by atoms with Gasteiger partial charge >= 0.3 is 6.03 Å². The van der Waals surface area contributed by atoms with E-state index < -0.39 is 6.10 Å². The van der Waals surface area contributed by atoms with Crippen molar-refractivity contribution in [3.63, 3.8) is 0 Å². The predicted octanol–water partition coefficient (Wildman–Crippen LogP) is 2.19. The van der Waals surface area contributed by atoms with E-state index in [1.165, 1.54) is 4.90 Å². The van der Waals surface area contributed by atoms with Crippen LogP contribution in [0.4, 0.5) is 4.79 Å². The van der Waals surface area contributed by atoms with Crippen molar-refractivity contribution in [2.75, 3.05) is 19.6 Å². The van der Waals surface area contributed by atoms with Crippen LogP contribution in [0.15, 0.2) is 30.3 Å². The lowest BCUT2D eigenvalue weighted by molar-refractivity contribution is -0.142. The van der Waals surface area contributed by atoms with Gasteiger partial charge < -0.3 is 4.90 Å². The van der Waals surface area contributed by atoms with Crippen molar-refractivity contribution in [2.24, 2.45) is 11.8 Å². The zero-order valence-corrected chi connectivity index (χ0v) is 14.4. The predicted molar refractivity (Wildman–Crippen MR) is 89.9 cm³/mol. The molecule has 0 bridgehead atoms. The zero-order chi connectivity index (χ0) is 17.3. The summed E-state index contributed by atoms with van der Waals surface area (Å²) in [7, 11) is 0. The Labute approximate surface area is 142 Å². The molecule has 2 aliphatic rings. The van der Waals surface area contributed by atoms with Gasteiger partial charge in [-0.1, -0.05) is 44.2 Å². The maximum atomic E-state index is 12.9. The smallest absolute Gasteiger partial charge is 0.323 e. The van der Waals surface area contributed by atoms with Gasteiger partial charge in [-0.2, -0.15) is 5.48 Å². The van der Waals surface area contributed by atoms with E-state index in [0.29, 0.717) is 19.6 Å². The summed E-state index contributed by atoms with van der Waals surface area (Å²) < 4.78 is 0. The molecule has 2 heterocycles. The molecular weight excluding hydrogens is 306 g/mol. The molecule has 6 nitrogen and oxygen atoms in total. The van der Waals surface area contributed by atoms with Crippen molar-refractivity contribution >= 4 is 11.9 Å². The van der Waals surface area contributed by atoms with Crippen LogP contribution in [0.3, 0.4) is 0 Å². The van der Waals surface area contributed by atoms with Crippen LogP contribution in [0.1, 0.15) is 32.4 Å². The van der Waals surface area contributed by atoms with E-state index in [-0.39, 0.29) is 29.8 Å². The van der Waals surface area contributed by atoms with E-state index in [9.17, 15) is 9.59 Å². The number of hydrogen-bond acceptors (Lipinski definition) is 4. The molecule has 3 rings (SSSR count). The Kier molecular flexibility index (Phi) is 4.87. The van der Waals surface area contributed by atoms with Gasteiger partial charge in [0.05, 0.1) is 6.04 Å². The highest BCUT2D eigenvalue weighted by Gasteiger charge is 2.48. The fourth-order valence-corrected chi connectivity index (χ4v) is 3.61. The second-order valence-corrected chi connectivity index (χ2v) is 6.72. The first-order valence-corrected chi connectivity index (χ1v) is 8.61. The first-order chi connectivity index (χ1) is 11.5. The number of carbonyl (C=O) groups is 2.